The second-order valence-electron chi connectivity index (χ2n) is 6.29. The number of anilines is 1. The summed E-state index contributed by atoms with van der Waals surface area (Å²) in [7, 11) is 0. The van der Waals surface area contributed by atoms with Crippen LogP contribution >= 0.6 is 15.9 Å². The summed E-state index contributed by atoms with van der Waals surface area (Å²) in [6, 6.07) is 9.99. The van der Waals surface area contributed by atoms with Crippen LogP contribution in [0.25, 0.3) is 10.9 Å². The van der Waals surface area contributed by atoms with Gasteiger partial charge in [0.15, 0.2) is 0 Å². The summed E-state index contributed by atoms with van der Waals surface area (Å²) in [6.07, 6.45) is 3.44. The largest absolute Gasteiger partial charge is 0.375 e. The van der Waals surface area contributed by atoms with E-state index in [4.69, 9.17) is 0 Å². The van der Waals surface area contributed by atoms with Gasteiger partial charge in [0.2, 0.25) is 0 Å². The summed E-state index contributed by atoms with van der Waals surface area (Å²) in [5, 5.41) is 4.35. The molecule has 0 spiro atoms. The predicted octanol–water partition coefficient (Wildman–Crippen LogP) is 5.69. The fourth-order valence-electron chi connectivity index (χ4n) is 3.13. The minimum Gasteiger partial charge on any atom is -0.375 e. The van der Waals surface area contributed by atoms with Crippen molar-refractivity contribution in [1.82, 2.24) is 4.98 Å². The molecular weight excluding hydrogens is 374 g/mol. The average molecular weight is 389 g/mol. The van der Waals surface area contributed by atoms with E-state index < -0.39 is 5.54 Å². The molecule has 0 amide bonds. The van der Waals surface area contributed by atoms with Crippen LogP contribution in [-0.2, 0) is 5.54 Å². The van der Waals surface area contributed by atoms with Gasteiger partial charge in [0.05, 0.1) is 15.5 Å². The van der Waals surface area contributed by atoms with Crippen LogP contribution in [0, 0.1) is 18.6 Å². The third kappa shape index (κ3) is 2.47. The first-order valence-electron chi connectivity index (χ1n) is 7.78. The average Bonchev–Trinajstić information content (AvgIpc) is 3.33. The van der Waals surface area contributed by atoms with Gasteiger partial charge in [-0.1, -0.05) is 18.2 Å². The number of hydrogen-bond donors (Lipinski definition) is 1. The van der Waals surface area contributed by atoms with E-state index in [-0.39, 0.29) is 11.6 Å². The Bertz CT molecular complexity index is 951. The summed E-state index contributed by atoms with van der Waals surface area (Å²) in [5.74, 6) is -0.550. The zero-order chi connectivity index (χ0) is 16.9. The number of benzene rings is 2. The first-order chi connectivity index (χ1) is 11.5. The third-order valence-corrected chi connectivity index (χ3v) is 5.21. The smallest absolute Gasteiger partial charge is 0.139 e. The van der Waals surface area contributed by atoms with Crippen molar-refractivity contribution in [2.75, 3.05) is 5.32 Å². The Morgan fingerprint density at radius 1 is 1.12 bits per heavy atom. The van der Waals surface area contributed by atoms with Crippen molar-refractivity contribution in [1.29, 1.82) is 0 Å². The summed E-state index contributed by atoms with van der Waals surface area (Å²) < 4.78 is 28.4. The molecule has 3 aromatic rings. The molecule has 0 unspecified atom stereocenters. The number of halogens is 3. The van der Waals surface area contributed by atoms with E-state index in [9.17, 15) is 8.78 Å². The van der Waals surface area contributed by atoms with Crippen LogP contribution in [0.2, 0.25) is 0 Å². The lowest BCUT2D eigenvalue weighted by Crippen LogP contribution is -2.21. The molecule has 122 valence electrons. The summed E-state index contributed by atoms with van der Waals surface area (Å²) in [4.78, 5) is 4.31. The molecule has 4 rings (SSSR count). The van der Waals surface area contributed by atoms with Gasteiger partial charge in [-0.2, -0.15) is 0 Å². The molecule has 2 aromatic carbocycles. The van der Waals surface area contributed by atoms with Gasteiger partial charge in [0.1, 0.15) is 11.6 Å². The van der Waals surface area contributed by atoms with Gasteiger partial charge in [-0.15, -0.1) is 0 Å². The van der Waals surface area contributed by atoms with Crippen LogP contribution in [-0.4, -0.2) is 4.98 Å². The maximum absolute atomic E-state index is 14.3. The Labute approximate surface area is 147 Å². The van der Waals surface area contributed by atoms with E-state index in [1.165, 1.54) is 12.1 Å². The zero-order valence-corrected chi connectivity index (χ0v) is 14.6. The number of aromatic nitrogens is 1. The molecule has 2 nitrogen and oxygen atoms in total. The van der Waals surface area contributed by atoms with E-state index in [0.717, 1.165) is 29.5 Å². The number of aryl methyl sites for hydroxylation is 1. The van der Waals surface area contributed by atoms with Gasteiger partial charge in [0, 0.05) is 28.9 Å². The Morgan fingerprint density at radius 3 is 2.58 bits per heavy atom. The summed E-state index contributed by atoms with van der Waals surface area (Å²) in [6.45, 7) is 1.95. The minimum atomic E-state index is -0.398. The summed E-state index contributed by atoms with van der Waals surface area (Å²) in [5.41, 5.74) is 2.68. The minimum absolute atomic E-state index is 0.203. The number of rotatable bonds is 3. The van der Waals surface area contributed by atoms with Crippen LogP contribution in [0.1, 0.15) is 24.0 Å². The molecule has 1 heterocycles. The van der Waals surface area contributed by atoms with Crippen molar-refractivity contribution in [2.24, 2.45) is 0 Å². The van der Waals surface area contributed by atoms with Gasteiger partial charge in [-0.3, -0.25) is 4.98 Å². The van der Waals surface area contributed by atoms with E-state index in [2.05, 4.69) is 26.2 Å². The van der Waals surface area contributed by atoms with E-state index >= 15 is 0 Å². The van der Waals surface area contributed by atoms with E-state index in [1.54, 1.807) is 18.3 Å². The van der Waals surface area contributed by atoms with Crippen LogP contribution < -0.4 is 5.32 Å². The van der Waals surface area contributed by atoms with E-state index in [1.807, 2.05) is 19.1 Å². The molecule has 1 aliphatic carbocycles. The normalized spacial score (nSPS) is 15.5. The van der Waals surface area contributed by atoms with Crippen molar-refractivity contribution in [3.05, 3.63) is 69.8 Å². The highest BCUT2D eigenvalue weighted by Crippen LogP contribution is 2.50. The Balaban J connectivity index is 1.84. The molecule has 0 bridgehead atoms. The highest BCUT2D eigenvalue weighted by Gasteiger charge is 2.46. The molecule has 0 atom stereocenters. The highest BCUT2D eigenvalue weighted by atomic mass is 79.9. The van der Waals surface area contributed by atoms with Crippen molar-refractivity contribution in [2.45, 2.75) is 25.3 Å². The van der Waals surface area contributed by atoms with Gasteiger partial charge in [-0.25, -0.2) is 8.78 Å². The molecule has 1 aromatic heterocycles. The standard InChI is InChI=1S/C19H15BrF2N2/c1-11-10-23-17-9-16(22)14(20)8-12(17)18(11)24-19(6-7-19)13-4-2-3-5-15(13)21/h2-5,8-10H,6-7H2,1H3,(H,23,24). The van der Waals surface area contributed by atoms with Gasteiger partial charge < -0.3 is 5.32 Å². The fraction of sp³-hybridized carbons (Fsp3) is 0.211. The number of nitrogens with zero attached hydrogens (tertiary/aromatic N) is 1. The maximum atomic E-state index is 14.3. The van der Waals surface area contributed by atoms with Gasteiger partial charge >= 0.3 is 0 Å². The molecule has 1 aliphatic rings. The maximum Gasteiger partial charge on any atom is 0.139 e. The molecule has 0 radical (unpaired) electrons. The Hall–Kier alpha value is -2.01. The van der Waals surface area contributed by atoms with Crippen molar-refractivity contribution < 1.29 is 8.78 Å². The lowest BCUT2D eigenvalue weighted by atomic mass is 10.0. The number of hydrogen-bond acceptors (Lipinski definition) is 2. The second kappa shape index (κ2) is 5.52. The molecule has 1 N–H and O–H groups in total. The second-order valence-corrected chi connectivity index (χ2v) is 7.14. The number of pyridine rings is 1. The van der Waals surface area contributed by atoms with Gasteiger partial charge in [-0.05, 0) is 53.4 Å². The number of fused-ring (bicyclic) bond motifs is 1. The van der Waals surface area contributed by atoms with Crippen molar-refractivity contribution in [3.8, 4) is 0 Å². The van der Waals surface area contributed by atoms with Crippen LogP contribution in [0.15, 0.2) is 47.1 Å². The highest BCUT2D eigenvalue weighted by molar-refractivity contribution is 9.10. The van der Waals surface area contributed by atoms with E-state index in [0.29, 0.717) is 15.6 Å². The Morgan fingerprint density at radius 2 is 1.88 bits per heavy atom. The number of nitrogens with one attached hydrogen (secondary N) is 1. The fourth-order valence-corrected chi connectivity index (χ4v) is 3.47. The molecular formula is C19H15BrF2N2. The first kappa shape index (κ1) is 15.5. The lowest BCUT2D eigenvalue weighted by molar-refractivity contribution is 0.589. The monoisotopic (exact) mass is 388 g/mol. The van der Waals surface area contributed by atoms with Crippen LogP contribution in [0.3, 0.4) is 0 Å². The quantitative estimate of drug-likeness (QED) is 0.623. The molecule has 1 saturated carbocycles. The molecule has 1 fully saturated rings. The molecule has 5 heteroatoms. The first-order valence-corrected chi connectivity index (χ1v) is 8.57. The van der Waals surface area contributed by atoms with Crippen LogP contribution in [0.4, 0.5) is 14.5 Å². The SMILES string of the molecule is Cc1cnc2cc(F)c(Br)cc2c1NC1(c2ccccc2F)CC1. The van der Waals surface area contributed by atoms with Crippen molar-refractivity contribution >= 4 is 32.5 Å². The molecule has 24 heavy (non-hydrogen) atoms. The Kier molecular flexibility index (Phi) is 3.57. The summed E-state index contributed by atoms with van der Waals surface area (Å²) >= 11 is 3.24. The lowest BCUT2D eigenvalue weighted by Gasteiger charge is -2.22. The molecule has 0 aliphatic heterocycles. The third-order valence-electron chi connectivity index (χ3n) is 4.60. The van der Waals surface area contributed by atoms with Crippen molar-refractivity contribution in [3.63, 3.8) is 0 Å². The van der Waals surface area contributed by atoms with Gasteiger partial charge in [0.25, 0.3) is 0 Å². The topological polar surface area (TPSA) is 24.9 Å². The molecule has 0 saturated heterocycles. The zero-order valence-electron chi connectivity index (χ0n) is 13.0. The predicted molar refractivity (Wildman–Crippen MR) is 95.1 cm³/mol. The van der Waals surface area contributed by atoms with Crippen LogP contribution in [0.5, 0.6) is 0 Å².